The maximum absolute atomic E-state index is 3.98. The molecule has 28 heavy (non-hydrogen) atoms. The van der Waals surface area contributed by atoms with Gasteiger partial charge in [-0.15, -0.1) is 12.4 Å². The predicted molar refractivity (Wildman–Crippen MR) is 134 cm³/mol. The van der Waals surface area contributed by atoms with Crippen LogP contribution < -0.4 is 18.9 Å². The van der Waals surface area contributed by atoms with E-state index in [4.69, 9.17) is 0 Å². The number of hydrogen-bond acceptors (Lipinski definition) is 3. The number of hydrogen-bond donors (Lipinski definition) is 0. The van der Waals surface area contributed by atoms with Crippen LogP contribution in [0.2, 0.25) is 0 Å². The second kappa shape index (κ2) is 28.7. The van der Waals surface area contributed by atoms with Crippen molar-refractivity contribution >= 4 is 29.7 Å². The molecule has 3 unspecified atom stereocenters. The van der Waals surface area contributed by atoms with Crippen molar-refractivity contribution in [2.24, 2.45) is 21.1 Å². The molecule has 0 aromatic carbocycles. The molecule has 3 aromatic heterocycles. The Balaban J connectivity index is -0.0000000552. The van der Waals surface area contributed by atoms with Crippen molar-refractivity contribution in [2.75, 3.05) is 0 Å². The van der Waals surface area contributed by atoms with E-state index < -0.39 is 0 Å². The molecule has 0 fully saturated rings. The molecule has 3 rings (SSSR count). The summed E-state index contributed by atoms with van der Waals surface area (Å²) in [5, 5.41) is 0. The third-order valence-corrected chi connectivity index (χ3v) is 2.63. The molecule has 0 spiro atoms. The average molecular weight is 441 g/mol. The Bertz CT molecular complexity index is 536. The minimum atomic E-state index is 0. The molecule has 0 bridgehead atoms. The Hall–Kier alpha value is -0.483. The summed E-state index contributed by atoms with van der Waals surface area (Å²) in [6, 6.07) is 0. The molecule has 3 heterocycles. The van der Waals surface area contributed by atoms with E-state index in [1.807, 2.05) is 55.8 Å². The number of imidazole rings is 3. The first kappa shape index (κ1) is 41.8. The molecule has 3 aromatic rings. The van der Waals surface area contributed by atoms with Crippen LogP contribution in [0.5, 0.6) is 0 Å². The molecule has 0 aliphatic heterocycles. The first-order valence-corrected chi connectivity index (χ1v) is 7.51. The van der Waals surface area contributed by atoms with Crippen molar-refractivity contribution in [3.63, 3.8) is 0 Å². The minimum Gasteiger partial charge on any atom is -0.457 e. The van der Waals surface area contributed by atoms with Gasteiger partial charge in [-0.1, -0.05) is 20.8 Å². The van der Waals surface area contributed by atoms with Crippen LogP contribution in [-0.2, 0) is 21.1 Å². The van der Waals surface area contributed by atoms with Crippen molar-refractivity contribution < 1.29 is 18.9 Å². The van der Waals surface area contributed by atoms with Gasteiger partial charge >= 0.3 is 18.9 Å². The monoisotopic (exact) mass is 441 g/mol. The molecule has 0 aliphatic carbocycles. The van der Waals surface area contributed by atoms with Gasteiger partial charge < -0.3 is 25.6 Å². The van der Waals surface area contributed by atoms with Crippen molar-refractivity contribution in [2.45, 2.75) is 34.1 Å². The number of unbranched alkanes of at least 4 members (excludes halogenated alkanes) is 1. The van der Waals surface area contributed by atoms with E-state index >= 15 is 0 Å². The third kappa shape index (κ3) is 25.5. The van der Waals surface area contributed by atoms with Crippen LogP contribution in [0.3, 0.4) is 0 Å². The standard InChI is InChI=1S/C5H8N2.C4H6N2.C4H5N2.C4H9.CH4.Li.3H3P/c1-5-6-3-4-7(5)2;2*1-6-3-2-5-4-6;1-3-4-2;;;;;/h3-4H,1-2H3;2-4H,1H3;2-3H,1H3;1,3-4H2,2H3;1H4;;3*1H3/q;;2*-1;;+1;;;. The number of nitrogens with zero attached hydrogens (tertiary/aromatic N) is 6. The molecule has 160 valence electrons. The smallest absolute Gasteiger partial charge is 0.457 e. The molecule has 0 saturated carbocycles. The first-order valence-electron chi connectivity index (χ1n) is 7.51. The van der Waals surface area contributed by atoms with Crippen molar-refractivity contribution in [3.8, 4) is 0 Å². The van der Waals surface area contributed by atoms with E-state index in [2.05, 4.69) is 35.1 Å². The molecule has 10 heteroatoms. The van der Waals surface area contributed by atoms with Gasteiger partial charge in [-0.3, -0.25) is 0 Å². The van der Waals surface area contributed by atoms with Crippen LogP contribution in [0.15, 0.2) is 43.5 Å². The average Bonchev–Trinajstić information content (AvgIpc) is 3.28. The molecule has 6 nitrogen and oxygen atoms in total. The Morgan fingerprint density at radius 2 is 1.57 bits per heavy atom. The van der Waals surface area contributed by atoms with Crippen molar-refractivity contribution in [3.05, 3.63) is 62.6 Å². The summed E-state index contributed by atoms with van der Waals surface area (Å²) in [4.78, 5) is 11.4. The molecule has 3 atom stereocenters. The summed E-state index contributed by atoms with van der Waals surface area (Å²) in [7, 11) is 5.79. The zero-order chi connectivity index (χ0) is 17.5. The Labute approximate surface area is 194 Å². The minimum absolute atomic E-state index is 0. The van der Waals surface area contributed by atoms with Gasteiger partial charge in [0, 0.05) is 45.2 Å². The van der Waals surface area contributed by atoms with E-state index in [0.717, 1.165) is 12.2 Å². The quantitative estimate of drug-likeness (QED) is 0.319. The maximum Gasteiger partial charge on any atom is 1.00 e. The van der Waals surface area contributed by atoms with Gasteiger partial charge in [0.25, 0.3) is 0 Å². The molecule has 0 aliphatic rings. The van der Waals surface area contributed by atoms with Crippen molar-refractivity contribution in [1.82, 2.24) is 28.7 Å². The fourth-order valence-corrected chi connectivity index (χ4v) is 1.06. The van der Waals surface area contributed by atoms with E-state index in [1.165, 1.54) is 6.42 Å². The van der Waals surface area contributed by atoms with Gasteiger partial charge in [0.1, 0.15) is 5.82 Å². The molecule has 0 N–H and O–H groups in total. The van der Waals surface area contributed by atoms with E-state index in [-0.39, 0.29) is 56.0 Å². The Morgan fingerprint density at radius 3 is 1.68 bits per heavy atom. The molecule has 0 saturated heterocycles. The molecule has 0 radical (unpaired) electrons. The van der Waals surface area contributed by atoms with Crippen LogP contribution in [-0.4, -0.2) is 28.7 Å². The van der Waals surface area contributed by atoms with Gasteiger partial charge in [-0.05, 0) is 14.0 Å². The number of aromatic nitrogens is 6. The summed E-state index contributed by atoms with van der Waals surface area (Å²) in [5.74, 6) is 1.06. The second-order valence-corrected chi connectivity index (χ2v) is 4.81. The summed E-state index contributed by atoms with van der Waals surface area (Å²) < 4.78 is 5.62. The van der Waals surface area contributed by atoms with Gasteiger partial charge in [0.05, 0.1) is 6.33 Å². The fourth-order valence-electron chi connectivity index (χ4n) is 1.06. The predicted octanol–water partition coefficient (Wildman–Crippen LogP) is 0.804. The summed E-state index contributed by atoms with van der Waals surface area (Å²) in [6.07, 6.45) is 17.6. The normalized spacial score (nSPS) is 7.21. The molecular formula is C18H41LiN6P3-. The molecular weight excluding hydrogens is 400 g/mol. The van der Waals surface area contributed by atoms with Crippen LogP contribution in [0.4, 0.5) is 0 Å². The van der Waals surface area contributed by atoms with E-state index in [9.17, 15) is 0 Å². The first-order chi connectivity index (χ1) is 11.0. The van der Waals surface area contributed by atoms with Crippen molar-refractivity contribution in [1.29, 1.82) is 0 Å². The molecule has 0 amide bonds. The zero-order valence-electron chi connectivity index (χ0n) is 18.0. The topological polar surface area (TPSA) is 53.5 Å². The fraction of sp³-hybridized carbons (Fsp3) is 0.444. The van der Waals surface area contributed by atoms with Crippen LogP contribution in [0.1, 0.15) is 33.0 Å². The Kier molecular flexibility index (Phi) is 42.9. The Morgan fingerprint density at radius 1 is 1.00 bits per heavy atom. The third-order valence-electron chi connectivity index (χ3n) is 2.63. The van der Waals surface area contributed by atoms with E-state index in [1.54, 1.807) is 29.5 Å². The van der Waals surface area contributed by atoms with Crippen LogP contribution >= 0.6 is 29.7 Å². The largest absolute Gasteiger partial charge is 1.00 e. The number of aryl methyl sites for hydroxylation is 4. The zero-order valence-corrected chi connectivity index (χ0v) is 22.2. The van der Waals surface area contributed by atoms with Gasteiger partial charge in [0.2, 0.25) is 0 Å². The van der Waals surface area contributed by atoms with Gasteiger partial charge in [-0.25, -0.2) is 9.97 Å². The second-order valence-electron chi connectivity index (χ2n) is 4.81. The van der Waals surface area contributed by atoms with Crippen LogP contribution in [0, 0.1) is 20.2 Å². The summed E-state index contributed by atoms with van der Waals surface area (Å²) >= 11 is 0. The SMILES string of the molecule is C.Cc1nccn1C.Cn1[c-]ncc1.Cn1ccnc1.P.P.P.[CH2-]CCC.[Li+]. The van der Waals surface area contributed by atoms with E-state index in [0.29, 0.717) is 0 Å². The van der Waals surface area contributed by atoms with Gasteiger partial charge in [0.15, 0.2) is 0 Å². The summed E-state index contributed by atoms with van der Waals surface area (Å²) in [6.45, 7) is 7.69. The maximum atomic E-state index is 3.98. The van der Waals surface area contributed by atoms with Crippen LogP contribution in [0.25, 0.3) is 0 Å². The number of rotatable bonds is 1. The van der Waals surface area contributed by atoms with Gasteiger partial charge in [-0.2, -0.15) is 36.1 Å². The summed E-state index contributed by atoms with van der Waals surface area (Å²) in [5.41, 5.74) is 0.